The molecule has 4 nitrogen and oxygen atoms in total. The molecular weight excluding hydrogens is 266 g/mol. The highest BCUT2D eigenvalue weighted by atomic mass is 16.5. The highest BCUT2D eigenvalue weighted by Gasteiger charge is 2.32. The maximum Gasteiger partial charge on any atom is 0.165 e. The molecule has 1 heterocycles. The van der Waals surface area contributed by atoms with E-state index in [0.717, 1.165) is 37.2 Å². The molecule has 1 atom stereocenters. The first-order valence-electron chi connectivity index (χ1n) is 7.66. The predicted molar refractivity (Wildman–Crippen MR) is 83.9 cm³/mol. The zero-order valence-electron chi connectivity index (χ0n) is 13.3. The van der Waals surface area contributed by atoms with Gasteiger partial charge >= 0.3 is 0 Å². The Morgan fingerprint density at radius 1 is 1.38 bits per heavy atom. The molecule has 4 heteroatoms. The normalized spacial score (nSPS) is 18.7. The van der Waals surface area contributed by atoms with Crippen LogP contribution in [-0.2, 0) is 6.42 Å². The van der Waals surface area contributed by atoms with Gasteiger partial charge in [-0.3, -0.25) is 0 Å². The molecule has 0 aromatic heterocycles. The molecule has 2 rings (SSSR count). The molecule has 0 radical (unpaired) electrons. The number of benzene rings is 1. The average Bonchev–Trinajstić information content (AvgIpc) is 2.73. The molecule has 0 saturated carbocycles. The molecule has 0 amide bonds. The third kappa shape index (κ3) is 4.35. The zero-order valence-corrected chi connectivity index (χ0v) is 13.3. The van der Waals surface area contributed by atoms with E-state index in [0.29, 0.717) is 6.61 Å². The van der Waals surface area contributed by atoms with E-state index in [4.69, 9.17) is 20.3 Å². The van der Waals surface area contributed by atoms with Gasteiger partial charge in [-0.25, -0.2) is 0 Å². The Bertz CT molecular complexity index is 483. The minimum Gasteiger partial charge on any atom is -0.490 e. The summed E-state index contributed by atoms with van der Waals surface area (Å²) < 4.78 is 11.8. The van der Waals surface area contributed by atoms with Gasteiger partial charge < -0.3 is 20.3 Å². The fraction of sp³-hybridized carbons (Fsp3) is 0.647. The lowest BCUT2D eigenvalue weighted by molar-refractivity contribution is 0.131. The fourth-order valence-electron chi connectivity index (χ4n) is 2.59. The highest BCUT2D eigenvalue weighted by Crippen LogP contribution is 2.41. The standard InChI is InChI=1S/C17H27NO3/c1-16(2)11-13-7-6-8-14(15(13)21-16)20-10-5-4-9-17(3,18)12-19/h6-8,19H,4-5,9-12,18H2,1-3H3. The largest absolute Gasteiger partial charge is 0.490 e. The molecule has 118 valence electrons. The van der Waals surface area contributed by atoms with E-state index in [-0.39, 0.29) is 12.2 Å². The number of hydrogen-bond donors (Lipinski definition) is 2. The summed E-state index contributed by atoms with van der Waals surface area (Å²) in [5.74, 6) is 1.72. The fourth-order valence-corrected chi connectivity index (χ4v) is 2.59. The van der Waals surface area contributed by atoms with Crippen molar-refractivity contribution in [2.45, 2.75) is 57.6 Å². The molecule has 0 spiro atoms. The molecular formula is C17H27NO3. The van der Waals surface area contributed by atoms with E-state index in [1.54, 1.807) is 0 Å². The quantitative estimate of drug-likeness (QED) is 0.759. The summed E-state index contributed by atoms with van der Waals surface area (Å²) in [4.78, 5) is 0. The van der Waals surface area contributed by atoms with Crippen LogP contribution in [0.1, 0.15) is 45.6 Å². The second-order valence-corrected chi connectivity index (χ2v) is 6.90. The van der Waals surface area contributed by atoms with Crippen LogP contribution in [0.2, 0.25) is 0 Å². The first-order chi connectivity index (χ1) is 9.83. The van der Waals surface area contributed by atoms with Crippen LogP contribution in [0.25, 0.3) is 0 Å². The van der Waals surface area contributed by atoms with Gasteiger partial charge in [-0.15, -0.1) is 0 Å². The molecule has 1 aromatic carbocycles. The van der Waals surface area contributed by atoms with Gasteiger partial charge in [0.1, 0.15) is 5.60 Å². The Hall–Kier alpha value is -1.26. The molecule has 1 aromatic rings. The first kappa shape index (κ1) is 16.1. The number of hydrogen-bond acceptors (Lipinski definition) is 4. The Balaban J connectivity index is 1.82. The number of nitrogens with two attached hydrogens (primary N) is 1. The smallest absolute Gasteiger partial charge is 0.165 e. The lowest BCUT2D eigenvalue weighted by Gasteiger charge is -2.21. The number of aliphatic hydroxyl groups is 1. The SMILES string of the molecule is CC(N)(CO)CCCCOc1cccc2c1OC(C)(C)C2. The van der Waals surface area contributed by atoms with E-state index in [1.807, 2.05) is 19.1 Å². The van der Waals surface area contributed by atoms with Crippen molar-refractivity contribution in [1.82, 2.24) is 0 Å². The summed E-state index contributed by atoms with van der Waals surface area (Å²) in [6.07, 6.45) is 3.57. The van der Waals surface area contributed by atoms with Crippen LogP contribution in [-0.4, -0.2) is 29.5 Å². The first-order valence-corrected chi connectivity index (χ1v) is 7.66. The van der Waals surface area contributed by atoms with E-state index >= 15 is 0 Å². The van der Waals surface area contributed by atoms with Crippen LogP contribution in [0.3, 0.4) is 0 Å². The molecule has 21 heavy (non-hydrogen) atoms. The molecule has 0 fully saturated rings. The number of ether oxygens (including phenoxy) is 2. The molecule has 1 aliphatic rings. The summed E-state index contributed by atoms with van der Waals surface area (Å²) in [7, 11) is 0. The highest BCUT2D eigenvalue weighted by molar-refractivity contribution is 5.50. The van der Waals surface area contributed by atoms with Gasteiger partial charge in [0.2, 0.25) is 0 Å². The van der Waals surface area contributed by atoms with Crippen molar-refractivity contribution < 1.29 is 14.6 Å². The number of fused-ring (bicyclic) bond motifs is 1. The summed E-state index contributed by atoms with van der Waals surface area (Å²) in [5.41, 5.74) is 6.48. The van der Waals surface area contributed by atoms with E-state index in [9.17, 15) is 0 Å². The third-order valence-corrected chi connectivity index (χ3v) is 3.82. The number of unbranched alkanes of at least 4 members (excludes halogenated alkanes) is 1. The van der Waals surface area contributed by atoms with Crippen LogP contribution >= 0.6 is 0 Å². The van der Waals surface area contributed by atoms with Crippen molar-refractivity contribution in [1.29, 1.82) is 0 Å². The van der Waals surface area contributed by atoms with Gasteiger partial charge in [-0.05, 0) is 46.1 Å². The number of rotatable bonds is 7. The Morgan fingerprint density at radius 3 is 2.86 bits per heavy atom. The molecule has 0 aliphatic carbocycles. The monoisotopic (exact) mass is 293 g/mol. The lowest BCUT2D eigenvalue weighted by Crippen LogP contribution is -2.39. The second-order valence-electron chi connectivity index (χ2n) is 6.90. The van der Waals surface area contributed by atoms with E-state index < -0.39 is 5.54 Å². The maximum absolute atomic E-state index is 9.11. The zero-order chi connectivity index (χ0) is 15.5. The minimum atomic E-state index is -0.485. The summed E-state index contributed by atoms with van der Waals surface area (Å²) >= 11 is 0. The lowest BCUT2D eigenvalue weighted by atomic mass is 9.97. The predicted octanol–water partition coefficient (Wildman–Crippen LogP) is 2.66. The van der Waals surface area contributed by atoms with E-state index in [2.05, 4.69) is 19.9 Å². The number of aliphatic hydroxyl groups excluding tert-OH is 1. The van der Waals surface area contributed by atoms with Gasteiger partial charge in [-0.1, -0.05) is 12.1 Å². The molecule has 1 aliphatic heterocycles. The van der Waals surface area contributed by atoms with Crippen molar-refractivity contribution in [3.05, 3.63) is 23.8 Å². The van der Waals surface area contributed by atoms with Crippen LogP contribution in [0.5, 0.6) is 11.5 Å². The van der Waals surface area contributed by atoms with Gasteiger partial charge in [0.05, 0.1) is 13.2 Å². The molecule has 3 N–H and O–H groups in total. The van der Waals surface area contributed by atoms with Gasteiger partial charge in [0, 0.05) is 17.5 Å². The van der Waals surface area contributed by atoms with Crippen molar-refractivity contribution in [2.75, 3.05) is 13.2 Å². The minimum absolute atomic E-state index is 0.0168. The summed E-state index contributed by atoms with van der Waals surface area (Å²) in [6, 6.07) is 6.07. The van der Waals surface area contributed by atoms with Crippen molar-refractivity contribution in [2.24, 2.45) is 5.73 Å². The van der Waals surface area contributed by atoms with Crippen molar-refractivity contribution >= 4 is 0 Å². The Morgan fingerprint density at radius 2 is 2.14 bits per heavy atom. The summed E-state index contributed by atoms with van der Waals surface area (Å²) in [6.45, 7) is 6.71. The van der Waals surface area contributed by atoms with Gasteiger partial charge in [0.15, 0.2) is 11.5 Å². The average molecular weight is 293 g/mol. The maximum atomic E-state index is 9.11. The molecule has 0 saturated heterocycles. The topological polar surface area (TPSA) is 64.7 Å². The van der Waals surface area contributed by atoms with Gasteiger partial charge in [0.25, 0.3) is 0 Å². The Labute approximate surface area is 127 Å². The van der Waals surface area contributed by atoms with Crippen molar-refractivity contribution in [3.8, 4) is 11.5 Å². The molecule has 0 bridgehead atoms. The van der Waals surface area contributed by atoms with Crippen LogP contribution in [0.15, 0.2) is 18.2 Å². The third-order valence-electron chi connectivity index (χ3n) is 3.82. The Kier molecular flexibility index (Phi) is 4.79. The van der Waals surface area contributed by atoms with Gasteiger partial charge in [-0.2, -0.15) is 0 Å². The van der Waals surface area contributed by atoms with Crippen LogP contribution in [0, 0.1) is 0 Å². The number of para-hydroxylation sites is 1. The molecule has 1 unspecified atom stereocenters. The van der Waals surface area contributed by atoms with Crippen LogP contribution in [0.4, 0.5) is 0 Å². The van der Waals surface area contributed by atoms with Crippen molar-refractivity contribution in [3.63, 3.8) is 0 Å². The van der Waals surface area contributed by atoms with Crippen LogP contribution < -0.4 is 15.2 Å². The second kappa shape index (κ2) is 6.24. The summed E-state index contributed by atoms with van der Waals surface area (Å²) in [5, 5.41) is 9.11. The van der Waals surface area contributed by atoms with E-state index in [1.165, 1.54) is 5.56 Å².